The number of benzene rings is 2. The molecule has 4 nitrogen and oxygen atoms in total. The second-order valence-electron chi connectivity index (χ2n) is 5.03. The van der Waals surface area contributed by atoms with Gasteiger partial charge in [0.1, 0.15) is 0 Å². The van der Waals surface area contributed by atoms with E-state index in [1.54, 1.807) is 12.1 Å². The molecule has 0 radical (unpaired) electrons. The van der Waals surface area contributed by atoms with Gasteiger partial charge in [0.25, 0.3) is 5.91 Å². The van der Waals surface area contributed by atoms with Crippen LogP contribution < -0.4 is 5.32 Å². The number of unbranched alkanes of at least 4 members (excludes halogenated alkanes) is 1. The maximum Gasteiger partial charge on any atom is 0.251 e. The summed E-state index contributed by atoms with van der Waals surface area (Å²) < 4.78 is 0. The quantitative estimate of drug-likeness (QED) is 0.589. The summed E-state index contributed by atoms with van der Waals surface area (Å²) in [7, 11) is 0. The summed E-state index contributed by atoms with van der Waals surface area (Å²) in [6.07, 6.45) is 2.05. The number of carbonyl (C=O) groups excluding carboxylic acids is 1. The summed E-state index contributed by atoms with van der Waals surface area (Å²) in [5.41, 5.74) is 3.89. The smallest absolute Gasteiger partial charge is 0.251 e. The second-order valence-corrected chi connectivity index (χ2v) is 5.03. The van der Waals surface area contributed by atoms with E-state index in [1.165, 1.54) is 0 Å². The Kier molecular flexibility index (Phi) is 3.77. The molecule has 3 aromatic rings. The van der Waals surface area contributed by atoms with Crippen LogP contribution in [0.1, 0.15) is 30.1 Å². The van der Waals surface area contributed by atoms with E-state index in [0.717, 1.165) is 34.9 Å². The Labute approximate surface area is 123 Å². The number of fused-ring (bicyclic) bond motifs is 2. The molecule has 0 spiro atoms. The number of rotatable bonds is 4. The molecule has 0 bridgehead atoms. The average molecular weight is 279 g/mol. The molecule has 2 aromatic carbocycles. The minimum Gasteiger partial charge on any atom is -0.352 e. The van der Waals surface area contributed by atoms with Crippen LogP contribution in [0.2, 0.25) is 0 Å². The van der Waals surface area contributed by atoms with Crippen LogP contribution in [0.25, 0.3) is 22.1 Å². The number of hydrogen-bond donors (Lipinski definition) is 1. The Hall–Kier alpha value is -2.49. The van der Waals surface area contributed by atoms with Crippen molar-refractivity contribution in [1.29, 1.82) is 0 Å². The van der Waals surface area contributed by atoms with Gasteiger partial charge in [0.2, 0.25) is 0 Å². The van der Waals surface area contributed by atoms with Gasteiger partial charge in [-0.1, -0.05) is 25.5 Å². The fourth-order valence-electron chi connectivity index (χ4n) is 2.24. The first-order valence-corrected chi connectivity index (χ1v) is 7.22. The molecule has 0 aliphatic rings. The summed E-state index contributed by atoms with van der Waals surface area (Å²) in [5.74, 6) is -0.0553. The first-order valence-electron chi connectivity index (χ1n) is 7.22. The van der Waals surface area contributed by atoms with Crippen molar-refractivity contribution in [3.8, 4) is 0 Å². The van der Waals surface area contributed by atoms with Gasteiger partial charge >= 0.3 is 0 Å². The van der Waals surface area contributed by atoms with E-state index < -0.39 is 0 Å². The highest BCUT2D eigenvalue weighted by Gasteiger charge is 2.07. The Balaban J connectivity index is 1.95. The van der Waals surface area contributed by atoms with Crippen molar-refractivity contribution in [3.05, 3.63) is 48.0 Å². The summed E-state index contributed by atoms with van der Waals surface area (Å²) in [6, 6.07) is 13.2. The third kappa shape index (κ3) is 2.84. The van der Waals surface area contributed by atoms with E-state index in [4.69, 9.17) is 0 Å². The van der Waals surface area contributed by atoms with Gasteiger partial charge in [-0.15, -0.1) is 0 Å². The topological polar surface area (TPSA) is 54.9 Å². The number of carbonyl (C=O) groups is 1. The lowest BCUT2D eigenvalue weighted by atomic mass is 10.1. The predicted molar refractivity (Wildman–Crippen MR) is 84.3 cm³/mol. The van der Waals surface area contributed by atoms with Gasteiger partial charge in [-0.25, -0.2) is 9.97 Å². The Morgan fingerprint density at radius 1 is 1.00 bits per heavy atom. The molecule has 1 amide bonds. The molecule has 0 atom stereocenters. The summed E-state index contributed by atoms with van der Waals surface area (Å²) in [4.78, 5) is 21.2. The van der Waals surface area contributed by atoms with Gasteiger partial charge in [0.05, 0.1) is 22.1 Å². The molecule has 0 aliphatic carbocycles. The monoisotopic (exact) mass is 279 g/mol. The zero-order valence-electron chi connectivity index (χ0n) is 12.0. The van der Waals surface area contributed by atoms with Crippen molar-refractivity contribution in [1.82, 2.24) is 15.3 Å². The first kappa shape index (κ1) is 13.5. The number of para-hydroxylation sites is 2. The van der Waals surface area contributed by atoms with Crippen molar-refractivity contribution in [3.63, 3.8) is 0 Å². The molecule has 0 saturated carbocycles. The largest absolute Gasteiger partial charge is 0.352 e. The maximum absolute atomic E-state index is 12.1. The van der Waals surface area contributed by atoms with Crippen LogP contribution in [0.4, 0.5) is 0 Å². The molecule has 0 saturated heterocycles. The van der Waals surface area contributed by atoms with E-state index >= 15 is 0 Å². The molecule has 21 heavy (non-hydrogen) atoms. The van der Waals surface area contributed by atoms with Gasteiger partial charge in [0, 0.05) is 12.1 Å². The molecule has 0 aliphatic heterocycles. The standard InChI is InChI=1S/C17H17N3O/c1-2-3-10-18-17(21)12-8-9-15-16(11-12)20-14-7-5-4-6-13(14)19-15/h4-9,11H,2-3,10H2,1H3,(H,18,21). The highest BCUT2D eigenvalue weighted by molar-refractivity contribution is 5.98. The van der Waals surface area contributed by atoms with Crippen LogP contribution in [-0.4, -0.2) is 22.4 Å². The average Bonchev–Trinajstić information content (AvgIpc) is 2.52. The molecule has 0 fully saturated rings. The van der Waals surface area contributed by atoms with Crippen molar-refractivity contribution >= 4 is 28.0 Å². The predicted octanol–water partition coefficient (Wildman–Crippen LogP) is 3.31. The highest BCUT2D eigenvalue weighted by Crippen LogP contribution is 2.17. The van der Waals surface area contributed by atoms with E-state index in [2.05, 4.69) is 22.2 Å². The van der Waals surface area contributed by atoms with E-state index in [-0.39, 0.29) is 5.91 Å². The van der Waals surface area contributed by atoms with E-state index in [1.807, 2.05) is 30.3 Å². The first-order chi connectivity index (χ1) is 10.3. The zero-order chi connectivity index (χ0) is 14.7. The summed E-state index contributed by atoms with van der Waals surface area (Å²) >= 11 is 0. The number of hydrogen-bond acceptors (Lipinski definition) is 3. The number of nitrogens with one attached hydrogen (secondary N) is 1. The Morgan fingerprint density at radius 3 is 2.38 bits per heavy atom. The molecule has 106 valence electrons. The Bertz CT molecular complexity index is 798. The SMILES string of the molecule is CCCCNC(=O)c1ccc2nc3ccccc3nc2c1. The molecule has 1 N–H and O–H groups in total. The van der Waals surface area contributed by atoms with Crippen LogP contribution in [-0.2, 0) is 0 Å². The van der Waals surface area contributed by atoms with Gasteiger partial charge in [-0.2, -0.15) is 0 Å². The molecule has 3 rings (SSSR count). The van der Waals surface area contributed by atoms with Crippen molar-refractivity contribution in [2.45, 2.75) is 19.8 Å². The zero-order valence-corrected chi connectivity index (χ0v) is 12.0. The number of nitrogens with zero attached hydrogens (tertiary/aromatic N) is 2. The fraction of sp³-hybridized carbons (Fsp3) is 0.235. The molecular weight excluding hydrogens is 262 g/mol. The van der Waals surface area contributed by atoms with Crippen LogP contribution >= 0.6 is 0 Å². The minimum atomic E-state index is -0.0553. The molecule has 1 aromatic heterocycles. The third-order valence-electron chi connectivity index (χ3n) is 3.42. The third-order valence-corrected chi connectivity index (χ3v) is 3.42. The van der Waals surface area contributed by atoms with Crippen LogP contribution in [0.5, 0.6) is 0 Å². The molecule has 1 heterocycles. The van der Waals surface area contributed by atoms with Crippen LogP contribution in [0, 0.1) is 0 Å². The number of aromatic nitrogens is 2. The van der Waals surface area contributed by atoms with Crippen molar-refractivity contribution in [2.24, 2.45) is 0 Å². The molecule has 4 heteroatoms. The Morgan fingerprint density at radius 2 is 1.67 bits per heavy atom. The van der Waals surface area contributed by atoms with Gasteiger partial charge in [-0.05, 0) is 36.8 Å². The van der Waals surface area contributed by atoms with E-state index in [9.17, 15) is 4.79 Å². The normalized spacial score (nSPS) is 10.9. The van der Waals surface area contributed by atoms with Crippen molar-refractivity contribution < 1.29 is 4.79 Å². The van der Waals surface area contributed by atoms with Gasteiger partial charge < -0.3 is 5.32 Å². The molecular formula is C17H17N3O. The summed E-state index contributed by atoms with van der Waals surface area (Å²) in [6.45, 7) is 2.81. The van der Waals surface area contributed by atoms with Crippen molar-refractivity contribution in [2.75, 3.05) is 6.54 Å². The molecule has 0 unspecified atom stereocenters. The lowest BCUT2D eigenvalue weighted by Crippen LogP contribution is -2.24. The van der Waals surface area contributed by atoms with Crippen LogP contribution in [0.15, 0.2) is 42.5 Å². The second kappa shape index (κ2) is 5.87. The lowest BCUT2D eigenvalue weighted by molar-refractivity contribution is 0.0953. The lowest BCUT2D eigenvalue weighted by Gasteiger charge is -2.06. The highest BCUT2D eigenvalue weighted by atomic mass is 16.1. The number of amides is 1. The fourth-order valence-corrected chi connectivity index (χ4v) is 2.24. The minimum absolute atomic E-state index is 0.0553. The van der Waals surface area contributed by atoms with Gasteiger partial charge in [0.15, 0.2) is 0 Å². The van der Waals surface area contributed by atoms with E-state index in [0.29, 0.717) is 12.1 Å². The van der Waals surface area contributed by atoms with Crippen LogP contribution in [0.3, 0.4) is 0 Å². The van der Waals surface area contributed by atoms with Gasteiger partial charge in [-0.3, -0.25) is 4.79 Å². The summed E-state index contributed by atoms with van der Waals surface area (Å²) in [5, 5.41) is 2.91. The maximum atomic E-state index is 12.1.